The average Bonchev–Trinajstić information content (AvgIpc) is 2.29. The minimum Gasteiger partial charge on any atom is 1.00 e. The summed E-state index contributed by atoms with van der Waals surface area (Å²) in [6, 6.07) is 0. The molecule has 19 heavy (non-hydrogen) atoms. The largest absolute Gasteiger partial charge is 1.00 e. The minimum absolute atomic E-state index is 0. The summed E-state index contributed by atoms with van der Waals surface area (Å²) in [6.07, 6.45) is 11.3. The first-order valence-corrected chi connectivity index (χ1v) is 11.1. The van der Waals surface area contributed by atoms with E-state index < -0.39 is 10.1 Å². The van der Waals surface area contributed by atoms with Gasteiger partial charge >= 0.3 is 149 Å². The Morgan fingerprint density at radius 3 is 1.84 bits per heavy atom. The van der Waals surface area contributed by atoms with Gasteiger partial charge in [-0.2, -0.15) is 0 Å². The van der Waals surface area contributed by atoms with Gasteiger partial charge < -0.3 is 0 Å². The summed E-state index contributed by atoms with van der Waals surface area (Å²) in [6.45, 7) is 2.24. The Morgan fingerprint density at radius 1 is 0.842 bits per heavy atom. The number of hydrogen-bond donors (Lipinski definition) is 0. The Labute approximate surface area is 147 Å². The molecule has 0 unspecified atom stereocenters. The van der Waals surface area contributed by atoms with Crippen molar-refractivity contribution in [2.45, 2.75) is 75.3 Å². The van der Waals surface area contributed by atoms with Crippen molar-refractivity contribution in [3.63, 3.8) is 0 Å². The third-order valence-corrected chi connectivity index (χ3v) is 6.04. The van der Waals surface area contributed by atoms with Crippen molar-refractivity contribution in [1.29, 1.82) is 0 Å². The zero-order valence-corrected chi connectivity index (χ0v) is 17.1. The molecule has 0 saturated carbocycles. The minimum atomic E-state index is -3.98. The van der Waals surface area contributed by atoms with E-state index in [4.69, 9.17) is 0 Å². The number of unbranched alkanes of at least 4 members (excludes halogenated alkanes) is 7. The summed E-state index contributed by atoms with van der Waals surface area (Å²) < 4.78 is 31.1. The quantitative estimate of drug-likeness (QED) is 0.273. The molecule has 0 rings (SSSR count). The number of rotatable bonds is 13. The van der Waals surface area contributed by atoms with Gasteiger partial charge in [0.25, 0.3) is 0 Å². The summed E-state index contributed by atoms with van der Waals surface area (Å²) in [5, 5.41) is 2.17. The van der Waals surface area contributed by atoms with Crippen LogP contribution in [-0.2, 0) is 10.1 Å². The molecule has 0 aromatic rings. The van der Waals surface area contributed by atoms with Crippen LogP contribution in [0, 0.1) is 0 Å². The van der Waals surface area contributed by atoms with Crippen LogP contribution in [-0.4, -0.2) is 33.7 Å². The second kappa shape index (κ2) is 15.8. The van der Waals surface area contributed by atoms with Gasteiger partial charge in [-0.15, -0.1) is 0 Å². The first-order chi connectivity index (χ1) is 8.56. The van der Waals surface area contributed by atoms with Crippen molar-refractivity contribution >= 4 is 25.1 Å². The van der Waals surface area contributed by atoms with Crippen molar-refractivity contribution in [3.05, 3.63) is 0 Å². The molecule has 3 nitrogen and oxygen atoms in total. The third kappa shape index (κ3) is 21.9. The van der Waals surface area contributed by atoms with Crippen molar-refractivity contribution < 1.29 is 42.5 Å². The predicted octanol–water partition coefficient (Wildman–Crippen LogP) is 0.607. The number of hydrogen-bond acceptors (Lipinski definition) is 3. The van der Waals surface area contributed by atoms with Crippen molar-refractivity contribution in [2.24, 2.45) is 0 Å². The standard InChI is InChI=1S/C13H28O3SSe.Na/c1-2-3-4-5-6-7-8-9-12-18-13-10-11-17(14,15)16;/h2-13H2,1H3,(H,14,15,16);/q;+1/p-1. The molecule has 0 N–H and O–H groups in total. The Balaban J connectivity index is 0. The van der Waals surface area contributed by atoms with Crippen LogP contribution >= 0.6 is 0 Å². The second-order valence-electron chi connectivity index (χ2n) is 4.70. The van der Waals surface area contributed by atoms with Gasteiger partial charge in [-0.05, 0) is 0 Å². The van der Waals surface area contributed by atoms with Crippen LogP contribution < -0.4 is 29.6 Å². The topological polar surface area (TPSA) is 57.2 Å². The van der Waals surface area contributed by atoms with Crippen LogP contribution in [0.3, 0.4) is 0 Å². The Bertz CT molecular complexity index is 271. The van der Waals surface area contributed by atoms with E-state index in [1.54, 1.807) is 0 Å². The van der Waals surface area contributed by atoms with Gasteiger partial charge in [0.15, 0.2) is 0 Å². The fourth-order valence-corrected chi connectivity index (χ4v) is 4.70. The van der Waals surface area contributed by atoms with Crippen LogP contribution in [0.5, 0.6) is 0 Å². The maximum Gasteiger partial charge on any atom is 1.00 e. The predicted molar refractivity (Wildman–Crippen MR) is 77.2 cm³/mol. The van der Waals surface area contributed by atoms with Gasteiger partial charge in [0.05, 0.1) is 0 Å². The average molecular weight is 365 g/mol. The van der Waals surface area contributed by atoms with E-state index in [2.05, 4.69) is 6.92 Å². The van der Waals surface area contributed by atoms with Gasteiger partial charge in [-0.3, -0.25) is 0 Å². The molecule has 0 bridgehead atoms. The molecule has 110 valence electrons. The van der Waals surface area contributed by atoms with Gasteiger partial charge in [-0.25, -0.2) is 0 Å². The molecule has 0 saturated heterocycles. The summed E-state index contributed by atoms with van der Waals surface area (Å²) in [5.74, 6) is -0.174. The van der Waals surface area contributed by atoms with Crippen LogP contribution in [0.15, 0.2) is 0 Å². The van der Waals surface area contributed by atoms with E-state index in [-0.39, 0.29) is 35.3 Å². The van der Waals surface area contributed by atoms with Crippen LogP contribution in [0.2, 0.25) is 10.6 Å². The zero-order chi connectivity index (χ0) is 13.7. The van der Waals surface area contributed by atoms with Crippen molar-refractivity contribution in [2.75, 3.05) is 5.75 Å². The molecule has 0 aliphatic heterocycles. The molecule has 6 heteroatoms. The first-order valence-electron chi connectivity index (χ1n) is 7.07. The maximum atomic E-state index is 10.4. The van der Waals surface area contributed by atoms with Crippen molar-refractivity contribution in [1.82, 2.24) is 0 Å². The first kappa shape index (κ1) is 22.7. The molecule has 0 aliphatic carbocycles. The van der Waals surface area contributed by atoms with E-state index in [0.29, 0.717) is 21.4 Å². The van der Waals surface area contributed by atoms with Crippen LogP contribution in [0.25, 0.3) is 0 Å². The summed E-state index contributed by atoms with van der Waals surface area (Å²) >= 11 is 0.535. The van der Waals surface area contributed by atoms with Gasteiger partial charge in [-0.1, -0.05) is 0 Å². The molecule has 0 heterocycles. The summed E-state index contributed by atoms with van der Waals surface area (Å²) in [7, 11) is -3.98. The normalized spacial score (nSPS) is 11.3. The maximum absolute atomic E-state index is 10.4. The van der Waals surface area contributed by atoms with E-state index in [0.717, 1.165) is 5.32 Å². The monoisotopic (exact) mass is 366 g/mol. The van der Waals surface area contributed by atoms with Crippen molar-refractivity contribution in [3.8, 4) is 0 Å². The molecule has 0 aromatic heterocycles. The van der Waals surface area contributed by atoms with E-state index >= 15 is 0 Å². The molecular formula is C13H27NaO3SSe. The smallest absolute Gasteiger partial charge is 1.00 e. The Morgan fingerprint density at radius 2 is 1.32 bits per heavy atom. The van der Waals surface area contributed by atoms with Gasteiger partial charge in [0, 0.05) is 0 Å². The third-order valence-electron chi connectivity index (χ3n) is 2.83. The molecule has 0 atom stereocenters. The van der Waals surface area contributed by atoms with E-state index in [1.807, 2.05) is 0 Å². The van der Waals surface area contributed by atoms with E-state index in [1.165, 1.54) is 56.7 Å². The molecule has 0 fully saturated rings. The molecule has 0 amide bonds. The SMILES string of the molecule is CCCCCCCCCC[Se]CCCS(=O)(=O)[O-].[Na+]. The van der Waals surface area contributed by atoms with E-state index in [9.17, 15) is 13.0 Å². The van der Waals surface area contributed by atoms with Gasteiger partial charge in [0.1, 0.15) is 0 Å². The molecular weight excluding hydrogens is 338 g/mol. The molecule has 0 spiro atoms. The fourth-order valence-electron chi connectivity index (χ4n) is 1.78. The summed E-state index contributed by atoms with van der Waals surface area (Å²) in [4.78, 5) is 0. The van der Waals surface area contributed by atoms with Crippen LogP contribution in [0.4, 0.5) is 0 Å². The fraction of sp³-hybridized carbons (Fsp3) is 1.00. The summed E-state index contributed by atoms with van der Waals surface area (Å²) in [5.41, 5.74) is 0. The van der Waals surface area contributed by atoms with Gasteiger partial charge in [0.2, 0.25) is 0 Å². The Kier molecular flexibility index (Phi) is 18.9. The molecule has 0 aromatic carbocycles. The van der Waals surface area contributed by atoms with Crippen LogP contribution in [0.1, 0.15) is 64.7 Å². The zero-order valence-electron chi connectivity index (χ0n) is 12.5. The second-order valence-corrected chi connectivity index (χ2v) is 8.80. The molecule has 0 radical (unpaired) electrons. The molecule has 0 aliphatic rings. The Hall–Kier alpha value is 1.43.